The van der Waals surface area contributed by atoms with Gasteiger partial charge in [0, 0.05) is 18.8 Å². The molecule has 3 aromatic rings. The third kappa shape index (κ3) is 4.90. The van der Waals surface area contributed by atoms with Gasteiger partial charge in [-0.05, 0) is 55.0 Å². The van der Waals surface area contributed by atoms with Gasteiger partial charge in [-0.2, -0.15) is 4.98 Å². The number of hydrogen-bond acceptors (Lipinski definition) is 8. The summed E-state index contributed by atoms with van der Waals surface area (Å²) < 4.78 is 45.6. The van der Waals surface area contributed by atoms with Crippen molar-refractivity contribution in [2.24, 2.45) is 0 Å². The molecule has 5 rings (SSSR count). The van der Waals surface area contributed by atoms with Crippen molar-refractivity contribution >= 4 is 33.3 Å². The number of benzene rings is 2. The summed E-state index contributed by atoms with van der Waals surface area (Å²) in [4.78, 5) is 23.1. The van der Waals surface area contributed by atoms with Crippen molar-refractivity contribution in [2.75, 3.05) is 29.1 Å². The Labute approximate surface area is 209 Å². The van der Waals surface area contributed by atoms with Crippen LogP contribution >= 0.6 is 0 Å². The van der Waals surface area contributed by atoms with E-state index in [1.807, 2.05) is 17.0 Å². The Bertz CT molecular complexity index is 1430. The van der Waals surface area contributed by atoms with Gasteiger partial charge in [-0.25, -0.2) is 17.8 Å². The van der Waals surface area contributed by atoms with Crippen LogP contribution in [0.5, 0.6) is 0 Å². The Hall–Kier alpha value is -3.53. The molecular formula is C26H27FN4O4S. The highest BCUT2D eigenvalue weighted by Crippen LogP contribution is 2.34. The van der Waals surface area contributed by atoms with Crippen LogP contribution in [0.4, 0.5) is 21.8 Å². The van der Waals surface area contributed by atoms with Crippen LogP contribution < -0.4 is 10.2 Å². The lowest BCUT2D eigenvalue weighted by Gasteiger charge is -2.30. The number of rotatable bonds is 6. The molecule has 0 spiro atoms. The average molecular weight is 511 g/mol. The zero-order valence-corrected chi connectivity index (χ0v) is 20.8. The standard InChI is InChI=1S/C26H27FN4O4S/c1-2-35-23(32)14-18-9-10-20(15-21(18)27)28-25-24-22(8-5-13-36(24,33)34)29-26(30-25)31-12-11-17-6-3-4-7-19(17)16-31/h3-4,6-7,9-10,15H,2,5,8,11-14,16H2,1H3,(H,28,29,30). The summed E-state index contributed by atoms with van der Waals surface area (Å²) in [6.45, 7) is 3.24. The van der Waals surface area contributed by atoms with Crippen LogP contribution in [0.1, 0.15) is 35.7 Å². The van der Waals surface area contributed by atoms with Gasteiger partial charge in [0.2, 0.25) is 5.95 Å². The molecule has 188 valence electrons. The third-order valence-corrected chi connectivity index (χ3v) is 8.31. The molecule has 10 heteroatoms. The van der Waals surface area contributed by atoms with Gasteiger partial charge in [0.15, 0.2) is 15.7 Å². The van der Waals surface area contributed by atoms with Crippen LogP contribution in [0.3, 0.4) is 0 Å². The van der Waals surface area contributed by atoms with Gasteiger partial charge in [-0.1, -0.05) is 30.3 Å². The molecule has 1 aromatic heterocycles. The monoisotopic (exact) mass is 510 g/mol. The van der Waals surface area contributed by atoms with E-state index in [4.69, 9.17) is 4.74 Å². The predicted molar refractivity (Wildman–Crippen MR) is 134 cm³/mol. The summed E-state index contributed by atoms with van der Waals surface area (Å²) in [5.41, 5.74) is 3.48. The molecule has 8 nitrogen and oxygen atoms in total. The van der Waals surface area contributed by atoms with Gasteiger partial charge in [-0.15, -0.1) is 0 Å². The number of halogens is 1. The number of carbonyl (C=O) groups is 1. The van der Waals surface area contributed by atoms with Crippen molar-refractivity contribution in [1.82, 2.24) is 9.97 Å². The van der Waals surface area contributed by atoms with E-state index < -0.39 is 21.6 Å². The van der Waals surface area contributed by atoms with Crippen LogP contribution in [0.15, 0.2) is 47.4 Å². The van der Waals surface area contributed by atoms with E-state index in [9.17, 15) is 17.6 Å². The second-order valence-corrected chi connectivity index (χ2v) is 11.0. The van der Waals surface area contributed by atoms with E-state index in [1.165, 1.54) is 23.3 Å². The number of hydrogen-bond donors (Lipinski definition) is 1. The molecule has 0 saturated carbocycles. The highest BCUT2D eigenvalue weighted by molar-refractivity contribution is 7.91. The zero-order valence-electron chi connectivity index (χ0n) is 20.0. The lowest BCUT2D eigenvalue weighted by Crippen LogP contribution is -2.33. The maximum atomic E-state index is 14.7. The van der Waals surface area contributed by atoms with Crippen molar-refractivity contribution in [2.45, 2.75) is 44.0 Å². The molecule has 36 heavy (non-hydrogen) atoms. The molecule has 0 amide bonds. The Morgan fingerprint density at radius 1 is 1.14 bits per heavy atom. The number of fused-ring (bicyclic) bond motifs is 2. The summed E-state index contributed by atoms with van der Waals surface area (Å²) in [7, 11) is -3.59. The van der Waals surface area contributed by atoms with Crippen molar-refractivity contribution < 1.29 is 22.3 Å². The zero-order chi connectivity index (χ0) is 25.3. The molecule has 0 radical (unpaired) electrons. The highest BCUT2D eigenvalue weighted by Gasteiger charge is 2.31. The molecule has 2 aliphatic heterocycles. The molecule has 2 aliphatic rings. The van der Waals surface area contributed by atoms with Crippen LogP contribution in [0.25, 0.3) is 0 Å². The maximum absolute atomic E-state index is 14.7. The molecule has 0 unspecified atom stereocenters. The van der Waals surface area contributed by atoms with Gasteiger partial charge in [-0.3, -0.25) is 4.79 Å². The summed E-state index contributed by atoms with van der Waals surface area (Å²) in [5.74, 6) is -0.498. The molecule has 0 saturated heterocycles. The largest absolute Gasteiger partial charge is 0.466 e. The first-order chi connectivity index (χ1) is 17.3. The molecular weight excluding hydrogens is 483 g/mol. The lowest BCUT2D eigenvalue weighted by molar-refractivity contribution is -0.142. The predicted octanol–water partition coefficient (Wildman–Crippen LogP) is 3.75. The van der Waals surface area contributed by atoms with Crippen molar-refractivity contribution in [3.63, 3.8) is 0 Å². The number of aryl methyl sites for hydroxylation is 1. The Kier molecular flexibility index (Phi) is 6.61. The fraction of sp³-hybridized carbons (Fsp3) is 0.346. The molecule has 3 heterocycles. The van der Waals surface area contributed by atoms with E-state index >= 15 is 0 Å². The van der Waals surface area contributed by atoms with Crippen molar-refractivity contribution in [3.05, 3.63) is 70.7 Å². The second-order valence-electron chi connectivity index (χ2n) is 8.92. The first-order valence-corrected chi connectivity index (χ1v) is 13.7. The number of esters is 1. The van der Waals surface area contributed by atoms with E-state index in [0.29, 0.717) is 43.3 Å². The molecule has 0 atom stereocenters. The minimum atomic E-state index is -3.59. The second kappa shape index (κ2) is 9.85. The summed E-state index contributed by atoms with van der Waals surface area (Å²) >= 11 is 0. The summed E-state index contributed by atoms with van der Waals surface area (Å²) in [5, 5.41) is 3.02. The molecule has 1 N–H and O–H groups in total. The van der Waals surface area contributed by atoms with Gasteiger partial charge >= 0.3 is 5.97 Å². The number of ether oxygens (including phenoxy) is 1. The minimum absolute atomic E-state index is 0.0152. The van der Waals surface area contributed by atoms with Crippen LogP contribution in [0, 0.1) is 5.82 Å². The minimum Gasteiger partial charge on any atom is -0.466 e. The number of sulfone groups is 1. The fourth-order valence-corrected chi connectivity index (χ4v) is 6.30. The Balaban J connectivity index is 1.49. The first-order valence-electron chi connectivity index (χ1n) is 12.0. The van der Waals surface area contributed by atoms with E-state index in [-0.39, 0.29) is 35.1 Å². The summed E-state index contributed by atoms with van der Waals surface area (Å²) in [6.07, 6.45) is 1.67. The topological polar surface area (TPSA) is 101 Å². The number of carbonyl (C=O) groups excluding carboxylic acids is 1. The van der Waals surface area contributed by atoms with Gasteiger partial charge in [0.1, 0.15) is 10.7 Å². The molecule has 0 aliphatic carbocycles. The molecule has 0 fully saturated rings. The van der Waals surface area contributed by atoms with Crippen LogP contribution in [0.2, 0.25) is 0 Å². The Morgan fingerprint density at radius 2 is 1.94 bits per heavy atom. The van der Waals surface area contributed by atoms with E-state index in [1.54, 1.807) is 13.0 Å². The molecule has 0 bridgehead atoms. The first kappa shape index (κ1) is 24.2. The van der Waals surface area contributed by atoms with Gasteiger partial charge in [0.05, 0.1) is 24.5 Å². The van der Waals surface area contributed by atoms with Crippen LogP contribution in [-0.2, 0) is 45.2 Å². The fourth-order valence-electron chi connectivity index (χ4n) is 4.68. The highest BCUT2D eigenvalue weighted by atomic mass is 32.2. The maximum Gasteiger partial charge on any atom is 0.310 e. The normalized spacial score (nSPS) is 16.1. The summed E-state index contributed by atoms with van der Waals surface area (Å²) in [6, 6.07) is 12.5. The van der Waals surface area contributed by atoms with Gasteiger partial charge < -0.3 is 15.0 Å². The average Bonchev–Trinajstić information content (AvgIpc) is 2.85. The number of aromatic nitrogens is 2. The van der Waals surface area contributed by atoms with Crippen molar-refractivity contribution in [3.8, 4) is 0 Å². The third-order valence-electron chi connectivity index (χ3n) is 6.43. The van der Waals surface area contributed by atoms with E-state index in [0.717, 1.165) is 6.42 Å². The lowest BCUT2D eigenvalue weighted by atomic mass is 10.0. The van der Waals surface area contributed by atoms with Crippen molar-refractivity contribution in [1.29, 1.82) is 0 Å². The van der Waals surface area contributed by atoms with Crippen LogP contribution in [-0.4, -0.2) is 43.3 Å². The van der Waals surface area contributed by atoms with Gasteiger partial charge in [0.25, 0.3) is 0 Å². The quantitative estimate of drug-likeness (QED) is 0.501. The number of nitrogens with zero attached hydrogens (tertiary/aromatic N) is 3. The van der Waals surface area contributed by atoms with E-state index in [2.05, 4.69) is 27.4 Å². The molecule has 2 aromatic carbocycles. The number of nitrogens with one attached hydrogen (secondary N) is 1. The smallest absolute Gasteiger partial charge is 0.310 e. The number of anilines is 3. The Morgan fingerprint density at radius 3 is 2.72 bits per heavy atom. The SMILES string of the molecule is CCOC(=O)Cc1ccc(Nc2nc(N3CCc4ccccc4C3)nc3c2S(=O)(=O)CCC3)cc1F.